The Morgan fingerprint density at radius 3 is 2.63 bits per heavy atom. The molecule has 0 spiro atoms. The Morgan fingerprint density at radius 1 is 1.07 bits per heavy atom. The lowest BCUT2D eigenvalue weighted by atomic mass is 10.0. The average molecular weight is 417 g/mol. The van der Waals surface area contributed by atoms with Gasteiger partial charge in [-0.05, 0) is 43.7 Å². The van der Waals surface area contributed by atoms with Gasteiger partial charge in [-0.3, -0.25) is 9.78 Å². The summed E-state index contributed by atoms with van der Waals surface area (Å²) in [5.41, 5.74) is 4.01. The van der Waals surface area contributed by atoms with Crippen molar-refractivity contribution >= 4 is 39.1 Å². The maximum Gasteiger partial charge on any atom is 0.340 e. The fourth-order valence-electron chi connectivity index (χ4n) is 3.28. The Bertz CT molecular complexity index is 1270. The van der Waals surface area contributed by atoms with Crippen LogP contribution in [0.3, 0.4) is 0 Å². The van der Waals surface area contributed by atoms with Gasteiger partial charge in [0.1, 0.15) is 5.00 Å². The van der Waals surface area contributed by atoms with E-state index in [0.717, 1.165) is 26.9 Å². The van der Waals surface area contributed by atoms with Gasteiger partial charge in [0.25, 0.3) is 5.91 Å². The summed E-state index contributed by atoms with van der Waals surface area (Å²) in [5, 5.41) is 4.09. The van der Waals surface area contributed by atoms with E-state index in [2.05, 4.69) is 10.3 Å². The molecule has 150 valence electrons. The quantitative estimate of drug-likeness (QED) is 0.472. The van der Waals surface area contributed by atoms with Crippen LogP contribution >= 0.6 is 11.3 Å². The van der Waals surface area contributed by atoms with Crippen molar-refractivity contribution in [1.82, 2.24) is 9.97 Å². The first-order valence-corrected chi connectivity index (χ1v) is 10.1. The molecule has 0 atom stereocenters. The molecule has 0 unspecified atom stereocenters. The second kappa shape index (κ2) is 8.04. The molecule has 0 fully saturated rings. The first kappa shape index (κ1) is 19.7. The molecule has 0 bridgehead atoms. The average Bonchev–Trinajstić information content (AvgIpc) is 3.13. The number of nitrogens with zero attached hydrogens (tertiary/aromatic N) is 2. The molecule has 4 aromatic rings. The van der Waals surface area contributed by atoms with E-state index in [1.165, 1.54) is 18.4 Å². The van der Waals surface area contributed by atoms with Crippen LogP contribution in [0.2, 0.25) is 0 Å². The van der Waals surface area contributed by atoms with Crippen LogP contribution in [-0.4, -0.2) is 29.0 Å². The van der Waals surface area contributed by atoms with Gasteiger partial charge in [0.05, 0.1) is 29.4 Å². The van der Waals surface area contributed by atoms with Crippen molar-refractivity contribution in [2.75, 3.05) is 12.4 Å². The van der Waals surface area contributed by atoms with E-state index in [-0.39, 0.29) is 5.91 Å². The largest absolute Gasteiger partial charge is 0.465 e. The van der Waals surface area contributed by atoms with Gasteiger partial charge in [0.15, 0.2) is 0 Å². The second-order valence-electron chi connectivity index (χ2n) is 6.81. The molecule has 0 radical (unpaired) electrons. The van der Waals surface area contributed by atoms with E-state index >= 15 is 0 Å². The molecule has 1 N–H and O–H groups in total. The van der Waals surface area contributed by atoms with Gasteiger partial charge in [0.2, 0.25) is 0 Å². The Balaban J connectivity index is 1.83. The number of thiophene rings is 1. The number of amides is 1. The highest BCUT2D eigenvalue weighted by Gasteiger charge is 2.20. The van der Waals surface area contributed by atoms with Crippen LogP contribution in [0, 0.1) is 13.8 Å². The molecule has 0 aliphatic carbocycles. The summed E-state index contributed by atoms with van der Waals surface area (Å²) in [5.74, 6) is -0.800. The monoisotopic (exact) mass is 417 g/mol. The summed E-state index contributed by atoms with van der Waals surface area (Å²) in [7, 11) is 1.32. The van der Waals surface area contributed by atoms with Crippen molar-refractivity contribution in [2.45, 2.75) is 13.8 Å². The smallest absolute Gasteiger partial charge is 0.340 e. The molecule has 0 saturated heterocycles. The van der Waals surface area contributed by atoms with Crippen LogP contribution in [0.25, 0.3) is 22.2 Å². The van der Waals surface area contributed by atoms with Crippen LogP contribution in [0.5, 0.6) is 0 Å². The molecule has 0 saturated carbocycles. The number of anilines is 1. The first-order valence-electron chi connectivity index (χ1n) is 9.29. The normalized spacial score (nSPS) is 10.8. The van der Waals surface area contributed by atoms with E-state index < -0.39 is 5.97 Å². The van der Waals surface area contributed by atoms with Gasteiger partial charge >= 0.3 is 5.97 Å². The highest BCUT2D eigenvalue weighted by molar-refractivity contribution is 7.16. The standard InChI is InChI=1S/C23H19N3O3S/c1-13-6-4-8-16-17(11-19(25-20(13)16)15-7-5-9-24-12-15)21(27)26-22-18(23(28)29-3)10-14(2)30-22/h4-12H,1-3H3,(H,26,27). The molecular formula is C23H19N3O3S. The Kier molecular flexibility index (Phi) is 5.29. The lowest BCUT2D eigenvalue weighted by Gasteiger charge is -2.12. The number of hydrogen-bond acceptors (Lipinski definition) is 6. The number of fused-ring (bicyclic) bond motifs is 1. The Labute approximate surface area is 177 Å². The van der Waals surface area contributed by atoms with Crippen molar-refractivity contribution < 1.29 is 14.3 Å². The lowest BCUT2D eigenvalue weighted by Crippen LogP contribution is -2.15. The number of hydrogen-bond donors (Lipinski definition) is 1. The van der Waals surface area contributed by atoms with Gasteiger partial charge in [-0.15, -0.1) is 11.3 Å². The molecule has 6 nitrogen and oxygen atoms in total. The molecule has 4 rings (SSSR count). The van der Waals surface area contributed by atoms with Crippen LogP contribution in [-0.2, 0) is 4.74 Å². The number of aryl methyl sites for hydroxylation is 2. The summed E-state index contributed by atoms with van der Waals surface area (Å²) in [6.45, 7) is 3.83. The topological polar surface area (TPSA) is 81.2 Å². The van der Waals surface area contributed by atoms with Crippen LogP contribution in [0.15, 0.2) is 54.9 Å². The molecular weight excluding hydrogens is 398 g/mol. The highest BCUT2D eigenvalue weighted by atomic mass is 32.1. The molecule has 0 aliphatic heterocycles. The van der Waals surface area contributed by atoms with Gasteiger partial charge < -0.3 is 10.1 Å². The molecule has 1 amide bonds. The number of para-hydroxylation sites is 1. The Hall–Kier alpha value is -3.58. The molecule has 0 aliphatic rings. The number of nitrogens with one attached hydrogen (secondary N) is 1. The lowest BCUT2D eigenvalue weighted by molar-refractivity contribution is 0.0602. The van der Waals surface area contributed by atoms with Gasteiger partial charge in [-0.25, -0.2) is 9.78 Å². The molecule has 7 heteroatoms. The third-order valence-electron chi connectivity index (χ3n) is 4.73. The van der Waals surface area contributed by atoms with Crippen molar-refractivity contribution in [1.29, 1.82) is 0 Å². The van der Waals surface area contributed by atoms with Crippen LogP contribution in [0.1, 0.15) is 31.2 Å². The van der Waals surface area contributed by atoms with Crippen molar-refractivity contribution in [3.05, 3.63) is 76.4 Å². The summed E-state index contributed by atoms with van der Waals surface area (Å²) >= 11 is 1.33. The van der Waals surface area contributed by atoms with Crippen molar-refractivity contribution in [3.63, 3.8) is 0 Å². The first-order chi connectivity index (χ1) is 14.5. The maximum atomic E-state index is 13.3. The van der Waals surface area contributed by atoms with Crippen molar-refractivity contribution in [3.8, 4) is 11.3 Å². The van der Waals surface area contributed by atoms with E-state index in [0.29, 0.717) is 21.8 Å². The fourth-order valence-corrected chi connectivity index (χ4v) is 4.18. The zero-order valence-corrected chi connectivity index (χ0v) is 17.5. The van der Waals surface area contributed by atoms with Gasteiger partial charge in [-0.1, -0.05) is 18.2 Å². The highest BCUT2D eigenvalue weighted by Crippen LogP contribution is 2.31. The molecule has 1 aromatic carbocycles. The van der Waals surface area contributed by atoms with Gasteiger partial charge in [0, 0.05) is 28.2 Å². The zero-order chi connectivity index (χ0) is 21.3. The minimum atomic E-state index is -0.485. The third-order valence-corrected chi connectivity index (χ3v) is 5.70. The fraction of sp³-hybridized carbons (Fsp3) is 0.130. The molecule has 3 aromatic heterocycles. The summed E-state index contributed by atoms with van der Waals surface area (Å²) in [6, 6.07) is 12.9. The number of benzene rings is 1. The minimum Gasteiger partial charge on any atom is -0.465 e. The predicted molar refractivity (Wildman–Crippen MR) is 118 cm³/mol. The van der Waals surface area contributed by atoms with Gasteiger partial charge in [-0.2, -0.15) is 0 Å². The Morgan fingerprint density at radius 2 is 1.90 bits per heavy atom. The number of methoxy groups -OCH3 is 1. The number of ether oxygens (including phenoxy) is 1. The van der Waals surface area contributed by atoms with Crippen LogP contribution < -0.4 is 5.32 Å². The molecule has 30 heavy (non-hydrogen) atoms. The number of aromatic nitrogens is 2. The van der Waals surface area contributed by atoms with Crippen molar-refractivity contribution in [2.24, 2.45) is 0 Å². The SMILES string of the molecule is COC(=O)c1cc(C)sc1NC(=O)c1cc(-c2cccnc2)nc2c(C)cccc12. The summed E-state index contributed by atoms with van der Waals surface area (Å²) < 4.78 is 4.84. The van der Waals surface area contributed by atoms with E-state index in [1.807, 2.05) is 44.2 Å². The number of carbonyl (C=O) groups is 2. The zero-order valence-electron chi connectivity index (χ0n) is 16.7. The maximum absolute atomic E-state index is 13.3. The number of carbonyl (C=O) groups excluding carboxylic acids is 2. The summed E-state index contributed by atoms with van der Waals surface area (Å²) in [4.78, 5) is 35.2. The predicted octanol–water partition coefficient (Wildman–Crippen LogP) is 5.01. The third kappa shape index (κ3) is 3.67. The number of pyridine rings is 2. The van der Waals surface area contributed by atoms with E-state index in [4.69, 9.17) is 9.72 Å². The number of rotatable bonds is 4. The van der Waals surface area contributed by atoms with E-state index in [1.54, 1.807) is 24.5 Å². The minimum absolute atomic E-state index is 0.315. The summed E-state index contributed by atoms with van der Waals surface area (Å²) in [6.07, 6.45) is 3.41. The van der Waals surface area contributed by atoms with E-state index in [9.17, 15) is 9.59 Å². The van der Waals surface area contributed by atoms with Crippen LogP contribution in [0.4, 0.5) is 5.00 Å². The molecule has 3 heterocycles. The second-order valence-corrected chi connectivity index (χ2v) is 8.07. The number of esters is 1.